The number of sulfonamides is 1. The lowest BCUT2D eigenvalue weighted by molar-refractivity contribution is 0.186. The van der Waals surface area contributed by atoms with E-state index < -0.39 is 16.1 Å². The molecule has 1 aromatic carbocycles. The molecule has 2 aromatic rings. The topological polar surface area (TPSA) is 79.3 Å². The second-order valence-corrected chi connectivity index (χ2v) is 6.59. The largest absolute Gasteiger partial charge is 0.393 e. The first kappa shape index (κ1) is 14.9. The van der Waals surface area contributed by atoms with Gasteiger partial charge in [0.1, 0.15) is 0 Å². The van der Waals surface area contributed by atoms with Gasteiger partial charge in [-0.1, -0.05) is 24.3 Å². The van der Waals surface area contributed by atoms with E-state index in [1.165, 1.54) is 0 Å². The number of fused-ring (bicyclic) bond motifs is 1. The maximum Gasteiger partial charge on any atom is 0.215 e. The van der Waals surface area contributed by atoms with Crippen molar-refractivity contribution in [2.45, 2.75) is 25.2 Å². The van der Waals surface area contributed by atoms with Crippen molar-refractivity contribution in [1.82, 2.24) is 9.71 Å². The molecule has 2 rings (SSSR count). The van der Waals surface area contributed by atoms with E-state index in [0.717, 1.165) is 5.39 Å². The Morgan fingerprint density at radius 2 is 2.05 bits per heavy atom. The van der Waals surface area contributed by atoms with E-state index in [1.54, 1.807) is 19.2 Å². The Morgan fingerprint density at radius 3 is 2.80 bits per heavy atom. The highest BCUT2D eigenvalue weighted by Gasteiger charge is 2.13. The monoisotopic (exact) mass is 294 g/mol. The number of nitrogens with one attached hydrogen (secondary N) is 1. The number of hydrogen-bond donors (Lipinski definition) is 2. The molecule has 20 heavy (non-hydrogen) atoms. The molecule has 0 amide bonds. The van der Waals surface area contributed by atoms with E-state index in [-0.39, 0.29) is 12.3 Å². The minimum absolute atomic E-state index is 0.110. The highest BCUT2D eigenvalue weighted by atomic mass is 32.2. The lowest BCUT2D eigenvalue weighted by atomic mass is 10.1. The molecule has 1 aromatic heterocycles. The average molecular weight is 294 g/mol. The third-order valence-corrected chi connectivity index (χ3v) is 4.28. The van der Waals surface area contributed by atoms with Crippen molar-refractivity contribution in [3.05, 3.63) is 42.1 Å². The number of aliphatic hydroxyl groups is 1. The van der Waals surface area contributed by atoms with Crippen LogP contribution < -0.4 is 4.72 Å². The summed E-state index contributed by atoms with van der Waals surface area (Å²) in [5.74, 6) is -0.110. The Morgan fingerprint density at radius 1 is 1.30 bits per heavy atom. The van der Waals surface area contributed by atoms with Gasteiger partial charge in [-0.2, -0.15) is 0 Å². The standard InChI is InChI=1S/C14H18N2O3S/c1-11(17)7-9-16-20(18,19)10-13-5-2-4-12-6-3-8-15-14(12)13/h2-6,8,11,16-17H,7,9-10H2,1H3. The van der Waals surface area contributed by atoms with E-state index in [9.17, 15) is 8.42 Å². The van der Waals surface area contributed by atoms with E-state index in [2.05, 4.69) is 9.71 Å². The van der Waals surface area contributed by atoms with Crippen LogP contribution in [-0.2, 0) is 15.8 Å². The van der Waals surface area contributed by atoms with Crippen LogP contribution >= 0.6 is 0 Å². The number of aromatic nitrogens is 1. The summed E-state index contributed by atoms with van der Waals surface area (Å²) in [5.41, 5.74) is 1.38. The summed E-state index contributed by atoms with van der Waals surface area (Å²) < 4.78 is 26.5. The highest BCUT2D eigenvalue weighted by molar-refractivity contribution is 7.88. The number of hydrogen-bond acceptors (Lipinski definition) is 4. The normalized spacial score (nSPS) is 13.5. The van der Waals surface area contributed by atoms with Gasteiger partial charge in [0.2, 0.25) is 10.0 Å². The summed E-state index contributed by atoms with van der Waals surface area (Å²) in [7, 11) is -3.42. The van der Waals surface area contributed by atoms with E-state index in [1.807, 2.05) is 24.3 Å². The molecular weight excluding hydrogens is 276 g/mol. The van der Waals surface area contributed by atoms with Gasteiger partial charge in [0.05, 0.1) is 17.4 Å². The van der Waals surface area contributed by atoms with Gasteiger partial charge in [0, 0.05) is 18.1 Å². The lowest BCUT2D eigenvalue weighted by Crippen LogP contribution is -2.28. The Kier molecular flexibility index (Phi) is 4.69. The Hall–Kier alpha value is -1.50. The first-order valence-corrected chi connectivity index (χ1v) is 8.11. The molecule has 0 aliphatic carbocycles. The van der Waals surface area contributed by atoms with Crippen molar-refractivity contribution >= 4 is 20.9 Å². The molecule has 0 fully saturated rings. The van der Waals surface area contributed by atoms with Gasteiger partial charge >= 0.3 is 0 Å². The van der Waals surface area contributed by atoms with Crippen LogP contribution in [0, 0.1) is 0 Å². The first-order valence-electron chi connectivity index (χ1n) is 6.46. The second-order valence-electron chi connectivity index (χ2n) is 4.78. The van der Waals surface area contributed by atoms with Crippen LogP contribution in [0.1, 0.15) is 18.9 Å². The number of nitrogens with zero attached hydrogens (tertiary/aromatic N) is 1. The molecule has 1 atom stereocenters. The van der Waals surface area contributed by atoms with Gasteiger partial charge in [-0.3, -0.25) is 4.98 Å². The molecule has 1 heterocycles. The molecule has 0 aliphatic heterocycles. The number of rotatable bonds is 6. The Labute approximate surface area is 118 Å². The summed E-state index contributed by atoms with van der Waals surface area (Å²) in [6.07, 6.45) is 1.53. The van der Waals surface area contributed by atoms with Gasteiger partial charge in [0.15, 0.2) is 0 Å². The van der Waals surface area contributed by atoms with E-state index >= 15 is 0 Å². The van der Waals surface area contributed by atoms with Gasteiger partial charge in [0.25, 0.3) is 0 Å². The van der Waals surface area contributed by atoms with E-state index in [4.69, 9.17) is 5.11 Å². The molecule has 0 bridgehead atoms. The molecule has 0 aliphatic rings. The molecular formula is C14H18N2O3S. The SMILES string of the molecule is CC(O)CCNS(=O)(=O)Cc1cccc2cccnc12. The number of pyridine rings is 1. The van der Waals surface area contributed by atoms with Crippen molar-refractivity contribution in [3.63, 3.8) is 0 Å². The Balaban J connectivity index is 2.15. The number of benzene rings is 1. The van der Waals surface area contributed by atoms with Crippen LogP contribution in [-0.4, -0.2) is 31.2 Å². The fraction of sp³-hybridized carbons (Fsp3) is 0.357. The predicted molar refractivity (Wildman–Crippen MR) is 78.7 cm³/mol. The van der Waals surface area contributed by atoms with Crippen LogP contribution in [0.15, 0.2) is 36.5 Å². The minimum Gasteiger partial charge on any atom is -0.393 e. The summed E-state index contributed by atoms with van der Waals surface area (Å²) in [5, 5.41) is 10.1. The molecule has 1 unspecified atom stereocenters. The number of para-hydroxylation sites is 1. The van der Waals surface area contributed by atoms with Crippen molar-refractivity contribution in [2.75, 3.05) is 6.54 Å². The zero-order valence-electron chi connectivity index (χ0n) is 11.3. The molecule has 0 radical (unpaired) electrons. The zero-order chi connectivity index (χ0) is 14.6. The van der Waals surface area contributed by atoms with Gasteiger partial charge in [-0.25, -0.2) is 13.1 Å². The second kappa shape index (κ2) is 6.30. The highest BCUT2D eigenvalue weighted by Crippen LogP contribution is 2.17. The first-order chi connectivity index (χ1) is 9.48. The van der Waals surface area contributed by atoms with Crippen molar-refractivity contribution in [2.24, 2.45) is 0 Å². The molecule has 0 saturated heterocycles. The summed E-state index contributed by atoms with van der Waals surface area (Å²) >= 11 is 0. The molecule has 6 heteroatoms. The third kappa shape index (κ3) is 4.00. The number of aliphatic hydroxyl groups excluding tert-OH is 1. The summed E-state index contributed by atoms with van der Waals surface area (Å²) in [4.78, 5) is 4.24. The minimum atomic E-state index is -3.42. The van der Waals surface area contributed by atoms with Crippen LogP contribution in [0.5, 0.6) is 0 Å². The van der Waals surface area contributed by atoms with Crippen LogP contribution in [0.4, 0.5) is 0 Å². The third-order valence-electron chi connectivity index (χ3n) is 2.95. The average Bonchev–Trinajstić information content (AvgIpc) is 2.38. The molecule has 5 nitrogen and oxygen atoms in total. The zero-order valence-corrected chi connectivity index (χ0v) is 12.1. The summed E-state index contributed by atoms with van der Waals surface area (Å²) in [6.45, 7) is 1.86. The van der Waals surface area contributed by atoms with Crippen molar-refractivity contribution < 1.29 is 13.5 Å². The maximum atomic E-state index is 12.0. The fourth-order valence-electron chi connectivity index (χ4n) is 1.96. The Bertz CT molecular complexity index is 678. The van der Waals surface area contributed by atoms with Gasteiger partial charge in [-0.05, 0) is 25.0 Å². The molecule has 108 valence electrons. The van der Waals surface area contributed by atoms with Gasteiger partial charge in [-0.15, -0.1) is 0 Å². The molecule has 0 spiro atoms. The van der Waals surface area contributed by atoms with Crippen molar-refractivity contribution in [3.8, 4) is 0 Å². The molecule has 2 N–H and O–H groups in total. The lowest BCUT2D eigenvalue weighted by Gasteiger charge is -2.09. The van der Waals surface area contributed by atoms with Crippen LogP contribution in [0.2, 0.25) is 0 Å². The quantitative estimate of drug-likeness (QED) is 0.844. The predicted octanol–water partition coefficient (Wildman–Crippen LogP) is 1.43. The molecule has 0 saturated carbocycles. The van der Waals surface area contributed by atoms with Crippen molar-refractivity contribution in [1.29, 1.82) is 0 Å². The van der Waals surface area contributed by atoms with Crippen LogP contribution in [0.25, 0.3) is 10.9 Å². The summed E-state index contributed by atoms with van der Waals surface area (Å²) in [6, 6.07) is 9.22. The fourth-order valence-corrected chi connectivity index (χ4v) is 3.14. The van der Waals surface area contributed by atoms with Crippen LogP contribution in [0.3, 0.4) is 0 Å². The van der Waals surface area contributed by atoms with Gasteiger partial charge < -0.3 is 5.11 Å². The maximum absolute atomic E-state index is 12.0. The smallest absolute Gasteiger partial charge is 0.215 e. The van der Waals surface area contributed by atoms with E-state index in [0.29, 0.717) is 17.5 Å².